The molecule has 88 valence electrons. The molecule has 1 fully saturated rings. The van der Waals surface area contributed by atoms with Gasteiger partial charge in [-0.2, -0.15) is 0 Å². The van der Waals surface area contributed by atoms with Gasteiger partial charge >= 0.3 is 0 Å². The number of hydrogen-bond acceptors (Lipinski definition) is 3. The van der Waals surface area contributed by atoms with Crippen molar-refractivity contribution in [2.24, 2.45) is 0 Å². The van der Waals surface area contributed by atoms with E-state index in [0.717, 1.165) is 25.9 Å². The minimum atomic E-state index is 0.315. The highest BCUT2D eigenvalue weighted by molar-refractivity contribution is 5.09. The summed E-state index contributed by atoms with van der Waals surface area (Å²) in [6.45, 7) is 2.57. The fraction of sp³-hybridized carbons (Fsp3) is 0.615. The van der Waals surface area contributed by atoms with E-state index in [1.807, 2.05) is 12.4 Å². The van der Waals surface area contributed by atoms with Gasteiger partial charge in [-0.25, -0.2) is 0 Å². The van der Waals surface area contributed by atoms with E-state index in [-0.39, 0.29) is 0 Å². The van der Waals surface area contributed by atoms with Gasteiger partial charge in [-0.3, -0.25) is 9.88 Å². The highest BCUT2D eigenvalue weighted by Gasteiger charge is 2.22. The molecule has 1 aliphatic heterocycles. The van der Waals surface area contributed by atoms with Crippen LogP contribution in [0.1, 0.15) is 24.8 Å². The zero-order valence-corrected chi connectivity index (χ0v) is 9.68. The lowest BCUT2D eigenvalue weighted by Gasteiger charge is -2.22. The predicted molar refractivity (Wildman–Crippen MR) is 64.2 cm³/mol. The molecular weight excluding hydrogens is 200 g/mol. The van der Waals surface area contributed by atoms with Crippen LogP contribution in [-0.4, -0.2) is 40.7 Å². The van der Waals surface area contributed by atoms with E-state index in [0.29, 0.717) is 12.6 Å². The number of aryl methyl sites for hydroxylation is 1. The molecule has 1 aromatic heterocycles. The van der Waals surface area contributed by atoms with Crippen LogP contribution in [0, 0.1) is 0 Å². The van der Waals surface area contributed by atoms with Crippen LogP contribution in [0.25, 0.3) is 0 Å². The Morgan fingerprint density at radius 2 is 2.19 bits per heavy atom. The molecule has 1 saturated heterocycles. The maximum atomic E-state index is 9.20. The SMILES string of the molecule is OC[C@@H]1CCCN1CCCc1ccncc1. The largest absolute Gasteiger partial charge is 0.395 e. The minimum absolute atomic E-state index is 0.315. The molecule has 0 aliphatic carbocycles. The first-order valence-electron chi connectivity index (χ1n) is 6.14. The van der Waals surface area contributed by atoms with Crippen LogP contribution in [-0.2, 0) is 6.42 Å². The van der Waals surface area contributed by atoms with Crippen molar-refractivity contribution in [3.63, 3.8) is 0 Å². The smallest absolute Gasteiger partial charge is 0.0586 e. The molecule has 3 nitrogen and oxygen atoms in total. The van der Waals surface area contributed by atoms with Gasteiger partial charge in [0.2, 0.25) is 0 Å². The Hall–Kier alpha value is -0.930. The summed E-state index contributed by atoms with van der Waals surface area (Å²) in [6.07, 6.45) is 8.37. The third-order valence-corrected chi connectivity index (χ3v) is 3.37. The van der Waals surface area contributed by atoms with Crippen molar-refractivity contribution in [2.75, 3.05) is 19.7 Å². The molecule has 1 aromatic rings. The van der Waals surface area contributed by atoms with Crippen LogP contribution in [0.2, 0.25) is 0 Å². The Bertz CT molecular complexity index is 302. The van der Waals surface area contributed by atoms with Crippen molar-refractivity contribution in [3.8, 4) is 0 Å². The molecule has 1 aliphatic rings. The average Bonchev–Trinajstić information content (AvgIpc) is 2.78. The summed E-state index contributed by atoms with van der Waals surface area (Å²) in [4.78, 5) is 6.43. The summed E-state index contributed by atoms with van der Waals surface area (Å²) in [7, 11) is 0. The standard InChI is InChI=1S/C13H20N2O/c16-11-13-4-2-10-15(13)9-1-3-12-5-7-14-8-6-12/h5-8,13,16H,1-4,9-11H2/t13-/m0/s1. The monoisotopic (exact) mass is 220 g/mol. The van der Waals surface area contributed by atoms with E-state index < -0.39 is 0 Å². The highest BCUT2D eigenvalue weighted by Crippen LogP contribution is 2.17. The molecular formula is C13H20N2O. The van der Waals surface area contributed by atoms with Crippen LogP contribution in [0.3, 0.4) is 0 Å². The summed E-state index contributed by atoms with van der Waals surface area (Å²) < 4.78 is 0. The van der Waals surface area contributed by atoms with E-state index in [1.54, 1.807) is 0 Å². The summed E-state index contributed by atoms with van der Waals surface area (Å²) in [5, 5.41) is 9.20. The second-order valence-electron chi connectivity index (χ2n) is 4.47. The Morgan fingerprint density at radius 1 is 1.38 bits per heavy atom. The molecule has 0 unspecified atom stereocenters. The first kappa shape index (κ1) is 11.6. The second kappa shape index (κ2) is 5.97. The minimum Gasteiger partial charge on any atom is -0.395 e. The van der Waals surface area contributed by atoms with Crippen LogP contribution >= 0.6 is 0 Å². The van der Waals surface area contributed by atoms with Gasteiger partial charge in [0, 0.05) is 18.4 Å². The maximum absolute atomic E-state index is 9.20. The number of aromatic nitrogens is 1. The molecule has 3 heteroatoms. The number of pyridine rings is 1. The van der Waals surface area contributed by atoms with Gasteiger partial charge < -0.3 is 5.11 Å². The van der Waals surface area contributed by atoms with Crippen molar-refractivity contribution in [2.45, 2.75) is 31.7 Å². The molecule has 0 spiro atoms. The summed E-state index contributed by atoms with van der Waals surface area (Å²) in [5.74, 6) is 0. The molecule has 2 heterocycles. The van der Waals surface area contributed by atoms with Crippen LogP contribution in [0.15, 0.2) is 24.5 Å². The third kappa shape index (κ3) is 3.03. The highest BCUT2D eigenvalue weighted by atomic mass is 16.3. The molecule has 2 rings (SSSR count). The van der Waals surface area contributed by atoms with Crippen molar-refractivity contribution < 1.29 is 5.11 Å². The second-order valence-corrected chi connectivity index (χ2v) is 4.47. The molecule has 1 N–H and O–H groups in total. The van der Waals surface area contributed by atoms with E-state index in [4.69, 9.17) is 0 Å². The molecule has 16 heavy (non-hydrogen) atoms. The fourth-order valence-electron chi connectivity index (χ4n) is 2.43. The fourth-order valence-corrected chi connectivity index (χ4v) is 2.43. The normalized spacial score (nSPS) is 21.4. The van der Waals surface area contributed by atoms with Crippen LogP contribution in [0.4, 0.5) is 0 Å². The van der Waals surface area contributed by atoms with Crippen LogP contribution in [0.5, 0.6) is 0 Å². The van der Waals surface area contributed by atoms with E-state index >= 15 is 0 Å². The number of aliphatic hydroxyl groups excluding tert-OH is 1. The Balaban J connectivity index is 1.72. The summed E-state index contributed by atoms with van der Waals surface area (Å²) in [6, 6.07) is 4.57. The van der Waals surface area contributed by atoms with E-state index in [9.17, 15) is 5.11 Å². The van der Waals surface area contributed by atoms with Crippen molar-refractivity contribution in [1.82, 2.24) is 9.88 Å². The summed E-state index contributed by atoms with van der Waals surface area (Å²) >= 11 is 0. The topological polar surface area (TPSA) is 36.4 Å². The van der Waals surface area contributed by atoms with Gasteiger partial charge in [-0.1, -0.05) is 0 Å². The lowest BCUT2D eigenvalue weighted by Crippen LogP contribution is -2.33. The van der Waals surface area contributed by atoms with E-state index in [1.165, 1.54) is 18.4 Å². The van der Waals surface area contributed by atoms with Gasteiger partial charge in [0.05, 0.1) is 6.61 Å². The number of aliphatic hydroxyl groups is 1. The third-order valence-electron chi connectivity index (χ3n) is 3.37. The lowest BCUT2D eigenvalue weighted by atomic mass is 10.1. The van der Waals surface area contributed by atoms with E-state index in [2.05, 4.69) is 22.0 Å². The molecule has 0 saturated carbocycles. The van der Waals surface area contributed by atoms with Gasteiger partial charge in [0.1, 0.15) is 0 Å². The lowest BCUT2D eigenvalue weighted by molar-refractivity contribution is 0.158. The number of hydrogen-bond donors (Lipinski definition) is 1. The van der Waals surface area contributed by atoms with Crippen molar-refractivity contribution >= 4 is 0 Å². The van der Waals surface area contributed by atoms with Gasteiger partial charge in [0.25, 0.3) is 0 Å². The molecule has 0 radical (unpaired) electrons. The number of nitrogens with zero attached hydrogens (tertiary/aromatic N) is 2. The van der Waals surface area contributed by atoms with Crippen LogP contribution < -0.4 is 0 Å². The first-order chi connectivity index (χ1) is 7.90. The molecule has 0 amide bonds. The maximum Gasteiger partial charge on any atom is 0.0586 e. The van der Waals surface area contributed by atoms with Gasteiger partial charge in [0.15, 0.2) is 0 Å². The number of rotatable bonds is 5. The van der Waals surface area contributed by atoms with Gasteiger partial charge in [-0.05, 0) is 56.5 Å². The molecule has 0 aromatic carbocycles. The van der Waals surface area contributed by atoms with Crippen molar-refractivity contribution in [1.29, 1.82) is 0 Å². The average molecular weight is 220 g/mol. The van der Waals surface area contributed by atoms with Gasteiger partial charge in [-0.15, -0.1) is 0 Å². The zero-order valence-electron chi connectivity index (χ0n) is 9.68. The Kier molecular flexibility index (Phi) is 4.31. The number of likely N-dealkylation sites (tertiary alicyclic amines) is 1. The zero-order chi connectivity index (χ0) is 11.2. The molecule has 0 bridgehead atoms. The Labute approximate surface area is 97.1 Å². The molecule has 1 atom stereocenters. The quantitative estimate of drug-likeness (QED) is 0.816. The summed E-state index contributed by atoms with van der Waals surface area (Å²) in [5.41, 5.74) is 1.36. The van der Waals surface area contributed by atoms with Crippen molar-refractivity contribution in [3.05, 3.63) is 30.1 Å². The Morgan fingerprint density at radius 3 is 2.94 bits per heavy atom. The predicted octanol–water partition coefficient (Wildman–Crippen LogP) is 1.47. The first-order valence-corrected chi connectivity index (χ1v) is 6.14.